The average molecular weight is 465 g/mol. The summed E-state index contributed by atoms with van der Waals surface area (Å²) in [6.07, 6.45) is 1.59. The predicted octanol–water partition coefficient (Wildman–Crippen LogP) is 2.01. The van der Waals surface area contributed by atoms with Gasteiger partial charge >= 0.3 is 5.97 Å². The Morgan fingerprint density at radius 1 is 0.912 bits per heavy atom. The van der Waals surface area contributed by atoms with Gasteiger partial charge in [0, 0.05) is 12.2 Å². The number of fused-ring (bicyclic) bond motifs is 1. The zero-order valence-electron chi connectivity index (χ0n) is 18.9. The molecule has 0 radical (unpaired) electrons. The number of carbonyl (C=O) groups excluding carboxylic acids is 1. The molecule has 3 aromatic rings. The maximum absolute atomic E-state index is 12.1. The molecule has 0 heterocycles. The normalized spacial score (nSPS) is 12.1. The number of rotatable bonds is 9. The number of aliphatic carboxylic acids is 1. The summed E-state index contributed by atoms with van der Waals surface area (Å²) in [5.74, 6) is -1.24. The zero-order chi connectivity index (χ0) is 24.9. The van der Waals surface area contributed by atoms with Crippen LogP contribution in [0.15, 0.2) is 72.8 Å². The molecule has 10 N–H and O–H groups in total. The van der Waals surface area contributed by atoms with E-state index >= 15 is 0 Å². The second-order valence-electron chi connectivity index (χ2n) is 7.77. The summed E-state index contributed by atoms with van der Waals surface area (Å²) in [6, 6.07) is 21.7. The molecular weight excluding hydrogens is 432 g/mol. The maximum atomic E-state index is 12.1. The van der Waals surface area contributed by atoms with Crippen molar-refractivity contribution in [1.29, 1.82) is 5.41 Å². The molecule has 9 heteroatoms. The third kappa shape index (κ3) is 9.27. The van der Waals surface area contributed by atoms with Crippen molar-refractivity contribution in [1.82, 2.24) is 5.32 Å². The molecule has 3 aromatic carbocycles. The molecule has 0 saturated carbocycles. The van der Waals surface area contributed by atoms with Crippen molar-refractivity contribution in [3.63, 3.8) is 0 Å². The lowest BCUT2D eigenvalue weighted by Gasteiger charge is -2.13. The Balaban J connectivity index is 0.000000287. The van der Waals surface area contributed by atoms with Gasteiger partial charge in [-0.3, -0.25) is 15.0 Å². The first-order valence-corrected chi connectivity index (χ1v) is 10.9. The molecular formula is C25H32N6O3. The van der Waals surface area contributed by atoms with Crippen LogP contribution < -0.4 is 27.8 Å². The number of guanidine groups is 1. The number of benzene rings is 3. The molecule has 0 aliphatic rings. The maximum Gasteiger partial charge on any atom is 0.320 e. The van der Waals surface area contributed by atoms with Crippen LogP contribution >= 0.6 is 0 Å². The van der Waals surface area contributed by atoms with Crippen LogP contribution in [0.2, 0.25) is 0 Å². The Hall–Kier alpha value is -3.95. The molecule has 0 saturated heterocycles. The third-order valence-corrected chi connectivity index (χ3v) is 4.98. The van der Waals surface area contributed by atoms with Crippen molar-refractivity contribution >= 4 is 34.3 Å². The minimum Gasteiger partial charge on any atom is -0.480 e. The van der Waals surface area contributed by atoms with E-state index in [4.69, 9.17) is 27.7 Å². The summed E-state index contributed by atoms with van der Waals surface area (Å²) < 4.78 is 0. The number of nitrogens with two attached hydrogens (primary N) is 3. The Labute approximate surface area is 198 Å². The van der Waals surface area contributed by atoms with Gasteiger partial charge in [-0.25, -0.2) is 0 Å². The summed E-state index contributed by atoms with van der Waals surface area (Å²) in [7, 11) is 0. The fourth-order valence-corrected chi connectivity index (χ4v) is 3.13. The van der Waals surface area contributed by atoms with E-state index in [2.05, 4.69) is 10.6 Å². The summed E-state index contributed by atoms with van der Waals surface area (Å²) in [5, 5.41) is 23.3. The van der Waals surface area contributed by atoms with E-state index in [1.54, 1.807) is 0 Å². The van der Waals surface area contributed by atoms with Crippen molar-refractivity contribution in [2.45, 2.75) is 31.3 Å². The number of carbonyl (C=O) groups is 2. The fourth-order valence-electron chi connectivity index (χ4n) is 3.13. The van der Waals surface area contributed by atoms with Gasteiger partial charge in [-0.05, 0) is 47.7 Å². The molecule has 9 nitrogen and oxygen atoms in total. The topological polar surface area (TPSA) is 180 Å². The quantitative estimate of drug-likeness (QED) is 0.144. The van der Waals surface area contributed by atoms with Crippen LogP contribution in [-0.2, 0) is 16.0 Å². The fraction of sp³-hybridized carbons (Fsp3) is 0.240. The first-order valence-electron chi connectivity index (χ1n) is 10.9. The van der Waals surface area contributed by atoms with Gasteiger partial charge in [0.05, 0.1) is 6.04 Å². The van der Waals surface area contributed by atoms with E-state index in [1.807, 2.05) is 72.8 Å². The SMILES string of the molecule is N=C(N)NCCCC(N)C(=O)Nc1ccc2ccccc2c1.NC(Cc1ccccc1)C(=O)O. The molecule has 180 valence electrons. The van der Waals surface area contributed by atoms with Crippen LogP contribution in [0, 0.1) is 5.41 Å². The highest BCUT2D eigenvalue weighted by molar-refractivity contribution is 5.97. The second kappa shape index (κ2) is 13.6. The Morgan fingerprint density at radius 3 is 2.21 bits per heavy atom. The van der Waals surface area contributed by atoms with E-state index in [1.165, 1.54) is 0 Å². The van der Waals surface area contributed by atoms with Gasteiger partial charge in [0.15, 0.2) is 5.96 Å². The van der Waals surface area contributed by atoms with Gasteiger partial charge in [-0.2, -0.15) is 0 Å². The lowest BCUT2D eigenvalue weighted by atomic mass is 10.1. The molecule has 1 amide bonds. The summed E-state index contributed by atoms with van der Waals surface area (Å²) in [6.45, 7) is 0.534. The van der Waals surface area contributed by atoms with E-state index in [9.17, 15) is 9.59 Å². The largest absolute Gasteiger partial charge is 0.480 e. The molecule has 2 atom stereocenters. The number of carboxylic acids is 1. The van der Waals surface area contributed by atoms with Crippen molar-refractivity contribution in [2.75, 3.05) is 11.9 Å². The lowest BCUT2D eigenvalue weighted by Crippen LogP contribution is -2.37. The molecule has 0 aromatic heterocycles. The van der Waals surface area contributed by atoms with Crippen molar-refractivity contribution in [2.24, 2.45) is 17.2 Å². The van der Waals surface area contributed by atoms with Crippen LogP contribution in [-0.4, -0.2) is 41.6 Å². The molecule has 2 unspecified atom stereocenters. The average Bonchev–Trinajstić information content (AvgIpc) is 2.82. The highest BCUT2D eigenvalue weighted by atomic mass is 16.4. The number of carboxylic acid groups (broad SMARTS) is 1. The van der Waals surface area contributed by atoms with Crippen molar-refractivity contribution in [3.05, 3.63) is 78.4 Å². The van der Waals surface area contributed by atoms with E-state index < -0.39 is 18.1 Å². The lowest BCUT2D eigenvalue weighted by molar-refractivity contribution is -0.138. The van der Waals surface area contributed by atoms with E-state index in [-0.39, 0.29) is 11.9 Å². The number of hydrogen-bond donors (Lipinski definition) is 7. The number of anilines is 1. The Morgan fingerprint density at radius 2 is 1.56 bits per heavy atom. The standard InChI is InChI=1S/C16H21N5O.C9H11NO2/c17-14(6-3-9-20-16(18)19)15(22)21-13-8-7-11-4-1-2-5-12(11)10-13;10-8(9(11)12)6-7-4-2-1-3-5-7/h1-2,4-5,7-8,10,14H,3,6,9,17H2,(H,21,22)(H4,18,19,20);1-5,8H,6,10H2,(H,11,12). The molecule has 0 fully saturated rings. The minimum atomic E-state index is -0.959. The zero-order valence-corrected chi connectivity index (χ0v) is 18.9. The number of amides is 1. The van der Waals surface area contributed by atoms with Gasteiger partial charge in [0.25, 0.3) is 0 Å². The van der Waals surface area contributed by atoms with Gasteiger partial charge < -0.3 is 32.9 Å². The summed E-state index contributed by atoms with van der Waals surface area (Å²) in [4.78, 5) is 22.4. The third-order valence-electron chi connectivity index (χ3n) is 4.98. The van der Waals surface area contributed by atoms with Gasteiger partial charge in [-0.1, -0.05) is 60.7 Å². The first kappa shape index (κ1) is 26.3. The molecule has 34 heavy (non-hydrogen) atoms. The highest BCUT2D eigenvalue weighted by Crippen LogP contribution is 2.19. The molecule has 0 bridgehead atoms. The van der Waals surface area contributed by atoms with Gasteiger partial charge in [0.1, 0.15) is 6.04 Å². The predicted molar refractivity (Wildman–Crippen MR) is 135 cm³/mol. The van der Waals surface area contributed by atoms with Crippen molar-refractivity contribution in [3.8, 4) is 0 Å². The van der Waals surface area contributed by atoms with E-state index in [0.29, 0.717) is 25.8 Å². The minimum absolute atomic E-state index is 0.0748. The van der Waals surface area contributed by atoms with Crippen LogP contribution in [0.4, 0.5) is 5.69 Å². The monoisotopic (exact) mass is 464 g/mol. The van der Waals surface area contributed by atoms with Crippen molar-refractivity contribution < 1.29 is 14.7 Å². The summed E-state index contributed by atoms with van der Waals surface area (Å²) in [5.41, 5.74) is 18.1. The van der Waals surface area contributed by atoms with Gasteiger partial charge in [0.2, 0.25) is 5.91 Å². The molecule has 0 spiro atoms. The van der Waals surface area contributed by atoms with Gasteiger partial charge in [-0.15, -0.1) is 0 Å². The van der Waals surface area contributed by atoms with Crippen LogP contribution in [0.5, 0.6) is 0 Å². The Bertz CT molecular complexity index is 1090. The van der Waals surface area contributed by atoms with Crippen LogP contribution in [0.1, 0.15) is 18.4 Å². The summed E-state index contributed by atoms with van der Waals surface area (Å²) >= 11 is 0. The number of nitrogens with one attached hydrogen (secondary N) is 3. The highest BCUT2D eigenvalue weighted by Gasteiger charge is 2.13. The van der Waals surface area contributed by atoms with E-state index in [0.717, 1.165) is 22.0 Å². The molecule has 3 rings (SSSR count). The Kier molecular flexibility index (Phi) is 10.5. The molecule has 0 aliphatic heterocycles. The van der Waals surface area contributed by atoms with Crippen LogP contribution in [0.3, 0.4) is 0 Å². The number of hydrogen-bond acceptors (Lipinski definition) is 5. The second-order valence-corrected chi connectivity index (χ2v) is 7.77. The van der Waals surface area contributed by atoms with Crippen LogP contribution in [0.25, 0.3) is 10.8 Å². The molecule has 0 aliphatic carbocycles. The smallest absolute Gasteiger partial charge is 0.320 e. The first-order chi connectivity index (χ1) is 16.3.